The molecule has 16 heavy (non-hydrogen) atoms. The van der Waals surface area contributed by atoms with E-state index in [9.17, 15) is 0 Å². The van der Waals surface area contributed by atoms with E-state index in [0.29, 0.717) is 0 Å². The van der Waals surface area contributed by atoms with E-state index in [1.807, 2.05) is 13.8 Å². The molecule has 0 heterocycles. The van der Waals surface area contributed by atoms with E-state index in [-0.39, 0.29) is 5.41 Å². The molecule has 0 amide bonds. The summed E-state index contributed by atoms with van der Waals surface area (Å²) >= 11 is 0. The van der Waals surface area contributed by atoms with Gasteiger partial charge in [-0.15, -0.1) is 0 Å². The molecular weight excluding hydrogens is 196 g/mol. The van der Waals surface area contributed by atoms with Crippen LogP contribution in [0.5, 0.6) is 0 Å². The van der Waals surface area contributed by atoms with Gasteiger partial charge in [-0.1, -0.05) is 20.3 Å². The van der Waals surface area contributed by atoms with E-state index in [2.05, 4.69) is 31.9 Å². The fraction of sp³-hybridized carbons (Fsp3) is 0.929. The van der Waals surface area contributed by atoms with Crippen molar-refractivity contribution in [3.8, 4) is 6.07 Å². The van der Waals surface area contributed by atoms with Crippen molar-refractivity contribution in [1.82, 2.24) is 4.90 Å². The van der Waals surface area contributed by atoms with Crippen LogP contribution >= 0.6 is 0 Å². The maximum Gasteiger partial charge on any atom is 0.0683 e. The van der Waals surface area contributed by atoms with Crippen LogP contribution in [0.3, 0.4) is 0 Å². The van der Waals surface area contributed by atoms with Crippen LogP contribution in [0.4, 0.5) is 0 Å². The maximum atomic E-state index is 8.89. The number of hydrogen-bond donors (Lipinski definition) is 0. The zero-order chi connectivity index (χ0) is 12.6. The van der Waals surface area contributed by atoms with Gasteiger partial charge in [0.2, 0.25) is 0 Å². The van der Waals surface area contributed by atoms with Crippen molar-refractivity contribution in [1.29, 1.82) is 5.26 Å². The van der Waals surface area contributed by atoms with E-state index in [4.69, 9.17) is 5.26 Å². The highest BCUT2D eigenvalue weighted by Gasteiger charge is 2.15. The van der Waals surface area contributed by atoms with Crippen molar-refractivity contribution in [3.63, 3.8) is 0 Å². The minimum Gasteiger partial charge on any atom is -0.306 e. The summed E-state index contributed by atoms with van der Waals surface area (Å²) in [6.07, 6.45) is 4.66. The molecule has 2 nitrogen and oxygen atoms in total. The smallest absolute Gasteiger partial charge is 0.0683 e. The number of nitriles is 1. The van der Waals surface area contributed by atoms with Gasteiger partial charge >= 0.3 is 0 Å². The second kappa shape index (κ2) is 7.68. The fourth-order valence-corrected chi connectivity index (χ4v) is 1.59. The van der Waals surface area contributed by atoms with Gasteiger partial charge in [-0.3, -0.25) is 0 Å². The summed E-state index contributed by atoms with van der Waals surface area (Å²) in [7, 11) is 2.19. The standard InChI is InChI=1S/C14H28N2/c1-13(2)8-11-16(5)10-7-6-9-14(3,4)12-15/h13H,6-11H2,1-5H3. The molecule has 2 heteroatoms. The van der Waals surface area contributed by atoms with Gasteiger partial charge in [0, 0.05) is 0 Å². The van der Waals surface area contributed by atoms with Crippen LogP contribution in [-0.4, -0.2) is 25.0 Å². The van der Waals surface area contributed by atoms with Crippen LogP contribution in [0.2, 0.25) is 0 Å². The van der Waals surface area contributed by atoms with Crippen molar-refractivity contribution in [2.75, 3.05) is 20.1 Å². The van der Waals surface area contributed by atoms with Gasteiger partial charge in [0.25, 0.3) is 0 Å². The largest absolute Gasteiger partial charge is 0.306 e. The Labute approximate surface area is 102 Å². The molecule has 0 N–H and O–H groups in total. The summed E-state index contributed by atoms with van der Waals surface area (Å²) < 4.78 is 0. The lowest BCUT2D eigenvalue weighted by Gasteiger charge is -2.19. The Kier molecular flexibility index (Phi) is 7.42. The molecule has 0 aromatic carbocycles. The summed E-state index contributed by atoms with van der Waals surface area (Å²) in [4.78, 5) is 2.40. The van der Waals surface area contributed by atoms with Crippen LogP contribution in [0.15, 0.2) is 0 Å². The summed E-state index contributed by atoms with van der Waals surface area (Å²) in [6, 6.07) is 2.36. The van der Waals surface area contributed by atoms with Crippen LogP contribution < -0.4 is 0 Å². The van der Waals surface area contributed by atoms with Crippen molar-refractivity contribution in [3.05, 3.63) is 0 Å². The van der Waals surface area contributed by atoms with Crippen LogP contribution in [0.25, 0.3) is 0 Å². The molecule has 0 aromatic heterocycles. The highest BCUT2D eigenvalue weighted by atomic mass is 15.1. The Balaban J connectivity index is 3.49. The molecule has 0 spiro atoms. The van der Waals surface area contributed by atoms with Gasteiger partial charge in [-0.2, -0.15) is 5.26 Å². The molecule has 0 unspecified atom stereocenters. The molecule has 0 aliphatic heterocycles. The minimum absolute atomic E-state index is 0.142. The second-order valence-electron chi connectivity index (χ2n) is 5.94. The van der Waals surface area contributed by atoms with E-state index in [0.717, 1.165) is 25.3 Å². The molecule has 0 atom stereocenters. The highest BCUT2D eigenvalue weighted by Crippen LogP contribution is 2.21. The number of hydrogen-bond acceptors (Lipinski definition) is 2. The molecule has 0 saturated heterocycles. The van der Waals surface area contributed by atoms with Crippen molar-refractivity contribution in [2.24, 2.45) is 11.3 Å². The molecule has 0 aliphatic rings. The molecule has 0 saturated carbocycles. The molecule has 0 aromatic rings. The van der Waals surface area contributed by atoms with Gasteiger partial charge in [-0.05, 0) is 59.2 Å². The zero-order valence-electron chi connectivity index (χ0n) is 11.7. The first-order valence-electron chi connectivity index (χ1n) is 6.47. The van der Waals surface area contributed by atoms with Crippen LogP contribution in [0, 0.1) is 22.7 Å². The van der Waals surface area contributed by atoms with E-state index in [1.165, 1.54) is 19.4 Å². The third kappa shape index (κ3) is 8.73. The predicted octanol–water partition coefficient (Wildman–Crippen LogP) is 3.68. The minimum atomic E-state index is -0.142. The first-order valence-corrected chi connectivity index (χ1v) is 6.47. The topological polar surface area (TPSA) is 27.0 Å². The molecule has 0 rings (SSSR count). The van der Waals surface area contributed by atoms with E-state index in [1.54, 1.807) is 0 Å². The quantitative estimate of drug-likeness (QED) is 0.588. The van der Waals surface area contributed by atoms with Crippen molar-refractivity contribution >= 4 is 0 Å². The van der Waals surface area contributed by atoms with Gasteiger partial charge in [0.1, 0.15) is 0 Å². The van der Waals surface area contributed by atoms with Crippen molar-refractivity contribution in [2.45, 2.75) is 53.4 Å². The molecular formula is C14H28N2. The van der Waals surface area contributed by atoms with Crippen LogP contribution in [-0.2, 0) is 0 Å². The molecule has 0 aliphatic carbocycles. The predicted molar refractivity (Wildman–Crippen MR) is 70.2 cm³/mol. The average molecular weight is 224 g/mol. The SMILES string of the molecule is CC(C)CCN(C)CCCCC(C)(C)C#N. The Bertz CT molecular complexity index is 213. The average Bonchev–Trinajstić information content (AvgIpc) is 2.21. The fourth-order valence-electron chi connectivity index (χ4n) is 1.59. The summed E-state index contributed by atoms with van der Waals surface area (Å²) in [5.74, 6) is 0.792. The zero-order valence-corrected chi connectivity index (χ0v) is 11.7. The lowest BCUT2D eigenvalue weighted by Crippen LogP contribution is -2.22. The first-order chi connectivity index (χ1) is 7.37. The van der Waals surface area contributed by atoms with Crippen LogP contribution in [0.1, 0.15) is 53.4 Å². The van der Waals surface area contributed by atoms with Gasteiger partial charge in [0.15, 0.2) is 0 Å². The summed E-state index contributed by atoms with van der Waals surface area (Å²) in [6.45, 7) is 10.9. The monoisotopic (exact) mass is 224 g/mol. The Morgan fingerprint density at radius 1 is 1.19 bits per heavy atom. The Morgan fingerprint density at radius 2 is 1.81 bits per heavy atom. The lowest BCUT2D eigenvalue weighted by atomic mass is 9.89. The Morgan fingerprint density at radius 3 is 2.31 bits per heavy atom. The maximum absolute atomic E-state index is 8.89. The first kappa shape index (κ1) is 15.4. The molecule has 0 fully saturated rings. The second-order valence-corrected chi connectivity index (χ2v) is 5.94. The van der Waals surface area contributed by atoms with Crippen molar-refractivity contribution < 1.29 is 0 Å². The number of nitrogens with zero attached hydrogens (tertiary/aromatic N) is 2. The normalized spacial score (nSPS) is 12.1. The third-order valence-corrected chi connectivity index (χ3v) is 2.98. The van der Waals surface area contributed by atoms with Gasteiger partial charge < -0.3 is 4.90 Å². The van der Waals surface area contributed by atoms with E-state index < -0.39 is 0 Å². The number of rotatable bonds is 8. The van der Waals surface area contributed by atoms with Gasteiger partial charge in [0.05, 0.1) is 11.5 Å². The molecule has 0 radical (unpaired) electrons. The third-order valence-electron chi connectivity index (χ3n) is 2.98. The molecule has 94 valence electrons. The Hall–Kier alpha value is -0.550. The molecule has 0 bridgehead atoms. The summed E-state index contributed by atoms with van der Waals surface area (Å²) in [5.41, 5.74) is -0.142. The van der Waals surface area contributed by atoms with E-state index >= 15 is 0 Å². The van der Waals surface area contributed by atoms with Gasteiger partial charge in [-0.25, -0.2) is 0 Å². The lowest BCUT2D eigenvalue weighted by molar-refractivity contribution is 0.295. The number of unbranched alkanes of at least 4 members (excludes halogenated alkanes) is 1. The summed E-state index contributed by atoms with van der Waals surface area (Å²) in [5, 5.41) is 8.89. The highest BCUT2D eigenvalue weighted by molar-refractivity contribution is 4.91.